The molecule has 7 nitrogen and oxygen atoms in total. The second kappa shape index (κ2) is 10.9. The van der Waals surface area contributed by atoms with E-state index in [9.17, 15) is 14.4 Å². The number of hydrogen-bond donors (Lipinski definition) is 3. The van der Waals surface area contributed by atoms with Crippen molar-refractivity contribution in [2.45, 2.75) is 19.8 Å². The Bertz CT molecular complexity index is 617. The SMILES string of the molecule is CCOC(=O)/C=C/C(=O)NC(=S)NNC(=O)CCc1ccccc1. The second-order valence-electron chi connectivity index (χ2n) is 4.56. The molecule has 3 N–H and O–H groups in total. The fourth-order valence-corrected chi connectivity index (χ4v) is 1.76. The predicted molar refractivity (Wildman–Crippen MR) is 92.6 cm³/mol. The van der Waals surface area contributed by atoms with E-state index in [1.807, 2.05) is 30.3 Å². The molecule has 2 amide bonds. The molecule has 24 heavy (non-hydrogen) atoms. The highest BCUT2D eigenvalue weighted by Crippen LogP contribution is 2.01. The zero-order valence-electron chi connectivity index (χ0n) is 13.2. The summed E-state index contributed by atoms with van der Waals surface area (Å²) in [6.07, 6.45) is 2.84. The number of esters is 1. The number of rotatable bonds is 6. The van der Waals surface area contributed by atoms with Crippen LogP contribution in [0.2, 0.25) is 0 Å². The number of hydrazine groups is 1. The van der Waals surface area contributed by atoms with Crippen molar-refractivity contribution in [2.24, 2.45) is 0 Å². The number of carbonyl (C=O) groups excluding carboxylic acids is 3. The minimum Gasteiger partial charge on any atom is -0.463 e. The highest BCUT2D eigenvalue weighted by molar-refractivity contribution is 7.80. The smallest absolute Gasteiger partial charge is 0.330 e. The molecule has 0 aliphatic carbocycles. The van der Waals surface area contributed by atoms with E-state index in [2.05, 4.69) is 20.9 Å². The summed E-state index contributed by atoms with van der Waals surface area (Å²) in [6.45, 7) is 1.88. The van der Waals surface area contributed by atoms with Crippen LogP contribution in [0.4, 0.5) is 0 Å². The van der Waals surface area contributed by atoms with Crippen LogP contribution in [0.15, 0.2) is 42.5 Å². The van der Waals surface area contributed by atoms with E-state index in [1.54, 1.807) is 6.92 Å². The molecule has 0 aliphatic rings. The molecule has 1 rings (SSSR count). The van der Waals surface area contributed by atoms with E-state index in [0.29, 0.717) is 6.42 Å². The van der Waals surface area contributed by atoms with Crippen molar-refractivity contribution in [3.05, 3.63) is 48.0 Å². The number of nitrogens with one attached hydrogen (secondary N) is 3. The van der Waals surface area contributed by atoms with Crippen LogP contribution in [0.5, 0.6) is 0 Å². The van der Waals surface area contributed by atoms with Gasteiger partial charge in [0.25, 0.3) is 0 Å². The molecule has 0 saturated heterocycles. The molecule has 1 aromatic carbocycles. The van der Waals surface area contributed by atoms with Crippen molar-refractivity contribution in [1.82, 2.24) is 16.2 Å². The molecule has 0 saturated carbocycles. The number of thiocarbonyl (C=S) groups is 1. The summed E-state index contributed by atoms with van der Waals surface area (Å²) in [5, 5.41) is 2.20. The average Bonchev–Trinajstić information content (AvgIpc) is 2.57. The molecule has 128 valence electrons. The molecule has 0 atom stereocenters. The third kappa shape index (κ3) is 8.64. The van der Waals surface area contributed by atoms with Gasteiger partial charge in [-0.2, -0.15) is 0 Å². The molecule has 0 heterocycles. The van der Waals surface area contributed by atoms with Crippen LogP contribution in [-0.2, 0) is 25.5 Å². The van der Waals surface area contributed by atoms with Crippen molar-refractivity contribution in [3.8, 4) is 0 Å². The number of hydrogen-bond acceptors (Lipinski definition) is 5. The first-order valence-electron chi connectivity index (χ1n) is 7.29. The standard InChI is InChI=1S/C16H19N3O4S/c1-2-23-15(22)11-10-13(20)17-16(24)19-18-14(21)9-8-12-6-4-3-5-7-12/h3-7,10-11H,2,8-9H2,1H3,(H,18,21)(H2,17,19,20,24)/b11-10+. The lowest BCUT2D eigenvalue weighted by atomic mass is 10.1. The summed E-state index contributed by atoms with van der Waals surface area (Å²) in [5.74, 6) is -1.50. The van der Waals surface area contributed by atoms with Crippen LogP contribution < -0.4 is 16.2 Å². The van der Waals surface area contributed by atoms with Gasteiger partial charge in [-0.1, -0.05) is 30.3 Å². The molecule has 0 bridgehead atoms. The first kappa shape index (κ1) is 19.3. The summed E-state index contributed by atoms with van der Waals surface area (Å²) in [6, 6.07) is 9.57. The van der Waals surface area contributed by atoms with E-state index in [4.69, 9.17) is 12.2 Å². The van der Waals surface area contributed by atoms with E-state index in [-0.39, 0.29) is 24.0 Å². The largest absolute Gasteiger partial charge is 0.463 e. The van der Waals surface area contributed by atoms with E-state index in [1.165, 1.54) is 0 Å². The number of ether oxygens (including phenoxy) is 1. The summed E-state index contributed by atoms with van der Waals surface area (Å²) >= 11 is 4.85. The summed E-state index contributed by atoms with van der Waals surface area (Å²) in [7, 11) is 0. The molecular weight excluding hydrogens is 330 g/mol. The van der Waals surface area contributed by atoms with E-state index < -0.39 is 11.9 Å². The van der Waals surface area contributed by atoms with Crippen molar-refractivity contribution in [1.29, 1.82) is 0 Å². The van der Waals surface area contributed by atoms with Gasteiger partial charge in [-0.15, -0.1) is 0 Å². The van der Waals surface area contributed by atoms with E-state index in [0.717, 1.165) is 17.7 Å². The molecule has 0 fully saturated rings. The molecule has 0 aromatic heterocycles. The maximum absolute atomic E-state index is 11.7. The lowest BCUT2D eigenvalue weighted by molar-refractivity contribution is -0.137. The molecule has 0 spiro atoms. The Labute approximate surface area is 145 Å². The molecule has 0 radical (unpaired) electrons. The number of amides is 2. The van der Waals surface area contributed by atoms with Crippen LogP contribution in [0.3, 0.4) is 0 Å². The van der Waals surface area contributed by atoms with Crippen LogP contribution in [0, 0.1) is 0 Å². The normalized spacial score (nSPS) is 10.0. The van der Waals surface area contributed by atoms with Crippen molar-refractivity contribution < 1.29 is 19.1 Å². The lowest BCUT2D eigenvalue weighted by Crippen LogP contribution is -2.48. The summed E-state index contributed by atoms with van der Waals surface area (Å²) in [4.78, 5) is 34.2. The van der Waals surface area contributed by atoms with Gasteiger partial charge in [-0.25, -0.2) is 4.79 Å². The van der Waals surface area contributed by atoms with Crippen LogP contribution in [0.25, 0.3) is 0 Å². The van der Waals surface area contributed by atoms with Gasteiger partial charge in [-0.3, -0.25) is 25.8 Å². The average molecular weight is 349 g/mol. The Morgan fingerprint density at radius 3 is 2.50 bits per heavy atom. The van der Waals surface area contributed by atoms with Gasteiger partial charge in [0.05, 0.1) is 6.61 Å². The van der Waals surface area contributed by atoms with Gasteiger partial charge < -0.3 is 4.74 Å². The van der Waals surface area contributed by atoms with Gasteiger partial charge >= 0.3 is 5.97 Å². The quantitative estimate of drug-likeness (QED) is 0.304. The summed E-state index contributed by atoms with van der Waals surface area (Å²) in [5.41, 5.74) is 5.84. The highest BCUT2D eigenvalue weighted by atomic mass is 32.1. The molecule has 0 aliphatic heterocycles. The number of aryl methyl sites for hydroxylation is 1. The monoisotopic (exact) mass is 349 g/mol. The second-order valence-corrected chi connectivity index (χ2v) is 4.97. The van der Waals surface area contributed by atoms with Gasteiger partial charge in [-0.05, 0) is 31.1 Å². The molecule has 1 aromatic rings. The minimum absolute atomic E-state index is 0.0819. The molecule has 8 heteroatoms. The summed E-state index contributed by atoms with van der Waals surface area (Å²) < 4.78 is 4.63. The highest BCUT2D eigenvalue weighted by Gasteiger charge is 2.05. The van der Waals surface area contributed by atoms with Gasteiger partial charge in [0, 0.05) is 18.6 Å². The molecular formula is C16H19N3O4S. The third-order valence-electron chi connectivity index (χ3n) is 2.69. The van der Waals surface area contributed by atoms with Crippen LogP contribution >= 0.6 is 12.2 Å². The molecule has 0 unspecified atom stereocenters. The fourth-order valence-electron chi connectivity index (χ4n) is 1.61. The number of benzene rings is 1. The Morgan fingerprint density at radius 1 is 1.12 bits per heavy atom. The zero-order chi connectivity index (χ0) is 17.8. The lowest BCUT2D eigenvalue weighted by Gasteiger charge is -2.09. The maximum atomic E-state index is 11.7. The fraction of sp³-hybridized carbons (Fsp3) is 0.250. The first-order chi connectivity index (χ1) is 11.5. The number of carbonyl (C=O) groups is 3. The predicted octanol–water partition coefficient (Wildman–Crippen LogP) is 0.760. The maximum Gasteiger partial charge on any atom is 0.330 e. The van der Waals surface area contributed by atoms with Crippen molar-refractivity contribution in [3.63, 3.8) is 0 Å². The van der Waals surface area contributed by atoms with Crippen molar-refractivity contribution >= 4 is 35.1 Å². The van der Waals surface area contributed by atoms with E-state index >= 15 is 0 Å². The zero-order valence-corrected chi connectivity index (χ0v) is 14.0. The van der Waals surface area contributed by atoms with Gasteiger partial charge in [0.2, 0.25) is 11.8 Å². The van der Waals surface area contributed by atoms with Gasteiger partial charge in [0.15, 0.2) is 5.11 Å². The Kier molecular flexibility index (Phi) is 8.77. The Balaban J connectivity index is 2.24. The Hall–Kier alpha value is -2.74. The topological polar surface area (TPSA) is 96.5 Å². The van der Waals surface area contributed by atoms with Crippen molar-refractivity contribution in [2.75, 3.05) is 6.61 Å². The first-order valence-corrected chi connectivity index (χ1v) is 7.70. The van der Waals surface area contributed by atoms with Gasteiger partial charge in [0.1, 0.15) is 0 Å². The third-order valence-corrected chi connectivity index (χ3v) is 2.90. The Morgan fingerprint density at radius 2 is 1.83 bits per heavy atom. The minimum atomic E-state index is -0.624. The van der Waals surface area contributed by atoms with Crippen LogP contribution in [0.1, 0.15) is 18.9 Å². The van der Waals surface area contributed by atoms with Crippen LogP contribution in [-0.4, -0.2) is 29.5 Å².